The molecular formula is C16H20N4. The Labute approximate surface area is 119 Å². The van der Waals surface area contributed by atoms with Crippen LogP contribution in [0.5, 0.6) is 0 Å². The molecular weight excluding hydrogens is 248 g/mol. The summed E-state index contributed by atoms with van der Waals surface area (Å²) in [6.07, 6.45) is 7.52. The van der Waals surface area contributed by atoms with Crippen molar-refractivity contribution in [2.45, 2.75) is 25.3 Å². The van der Waals surface area contributed by atoms with E-state index in [1.54, 1.807) is 0 Å². The highest BCUT2D eigenvalue weighted by molar-refractivity contribution is 6.02. The van der Waals surface area contributed by atoms with E-state index < -0.39 is 0 Å². The van der Waals surface area contributed by atoms with E-state index in [-0.39, 0.29) is 0 Å². The Morgan fingerprint density at radius 2 is 2.25 bits per heavy atom. The van der Waals surface area contributed by atoms with Crippen LogP contribution in [-0.2, 0) is 6.42 Å². The van der Waals surface area contributed by atoms with Gasteiger partial charge in [0.15, 0.2) is 0 Å². The summed E-state index contributed by atoms with van der Waals surface area (Å²) in [4.78, 5) is 6.88. The van der Waals surface area contributed by atoms with Gasteiger partial charge in [0.1, 0.15) is 0 Å². The van der Waals surface area contributed by atoms with Gasteiger partial charge in [-0.1, -0.05) is 6.07 Å². The Morgan fingerprint density at radius 1 is 1.30 bits per heavy atom. The smallest absolute Gasteiger partial charge is 0.0686 e. The fraction of sp³-hybridized carbons (Fsp3) is 0.438. The largest absolute Gasteiger partial charge is 0.397 e. The first-order valence-electron chi connectivity index (χ1n) is 7.47. The highest BCUT2D eigenvalue weighted by Crippen LogP contribution is 2.39. The van der Waals surface area contributed by atoms with Gasteiger partial charge in [0.05, 0.1) is 11.4 Å². The van der Waals surface area contributed by atoms with Gasteiger partial charge in [-0.25, -0.2) is 0 Å². The van der Waals surface area contributed by atoms with Crippen molar-refractivity contribution in [3.63, 3.8) is 0 Å². The summed E-state index contributed by atoms with van der Waals surface area (Å²) in [6, 6.07) is 4.68. The van der Waals surface area contributed by atoms with E-state index in [0.717, 1.165) is 31.7 Å². The molecule has 2 aliphatic heterocycles. The van der Waals surface area contributed by atoms with E-state index >= 15 is 0 Å². The molecule has 1 aromatic heterocycles. The van der Waals surface area contributed by atoms with Crippen LogP contribution in [0.15, 0.2) is 24.5 Å². The minimum Gasteiger partial charge on any atom is -0.397 e. The lowest BCUT2D eigenvalue weighted by Gasteiger charge is -2.40. The summed E-state index contributed by atoms with van der Waals surface area (Å²) in [5.41, 5.74) is 9.79. The van der Waals surface area contributed by atoms with Crippen molar-refractivity contribution in [3.8, 4) is 0 Å². The fourth-order valence-electron chi connectivity index (χ4n) is 3.66. The number of piperidine rings is 1. The second-order valence-corrected chi connectivity index (χ2v) is 5.84. The maximum atomic E-state index is 6.31. The number of nitrogen functional groups attached to an aromatic ring is 1. The highest BCUT2D eigenvalue weighted by atomic mass is 15.2. The topological polar surface area (TPSA) is 54.2 Å². The molecule has 3 N–H and O–H groups in total. The number of rotatable bonds is 1. The predicted molar refractivity (Wildman–Crippen MR) is 83.1 cm³/mol. The molecule has 0 bridgehead atoms. The Bertz CT molecular complexity index is 646. The van der Waals surface area contributed by atoms with Gasteiger partial charge in [0, 0.05) is 42.3 Å². The molecule has 1 atom stereocenters. The van der Waals surface area contributed by atoms with Gasteiger partial charge in [-0.05, 0) is 37.4 Å². The Hall–Kier alpha value is -1.81. The molecule has 1 fully saturated rings. The maximum Gasteiger partial charge on any atom is 0.0686 e. The second-order valence-electron chi connectivity index (χ2n) is 5.84. The summed E-state index contributed by atoms with van der Waals surface area (Å²) >= 11 is 0. The quantitative estimate of drug-likeness (QED) is 0.776. The van der Waals surface area contributed by atoms with Crippen LogP contribution in [0.2, 0.25) is 0 Å². The van der Waals surface area contributed by atoms with Crippen LogP contribution < -0.4 is 16.0 Å². The van der Waals surface area contributed by atoms with E-state index in [1.807, 2.05) is 18.5 Å². The molecule has 0 aliphatic carbocycles. The molecule has 2 aromatic rings. The van der Waals surface area contributed by atoms with Gasteiger partial charge in [-0.2, -0.15) is 0 Å². The first kappa shape index (κ1) is 12.0. The molecule has 1 unspecified atom stereocenters. The van der Waals surface area contributed by atoms with Gasteiger partial charge in [0.25, 0.3) is 0 Å². The molecule has 0 amide bonds. The Kier molecular flexibility index (Phi) is 2.77. The van der Waals surface area contributed by atoms with E-state index in [4.69, 9.17) is 5.73 Å². The average Bonchev–Trinajstić information content (AvgIpc) is 2.52. The third kappa shape index (κ3) is 1.75. The van der Waals surface area contributed by atoms with Crippen LogP contribution in [0.3, 0.4) is 0 Å². The molecule has 4 nitrogen and oxygen atoms in total. The molecule has 0 radical (unpaired) electrons. The third-order valence-electron chi connectivity index (χ3n) is 4.63. The van der Waals surface area contributed by atoms with Crippen molar-refractivity contribution in [2.75, 3.05) is 30.3 Å². The number of benzene rings is 1. The van der Waals surface area contributed by atoms with Gasteiger partial charge in [-0.3, -0.25) is 4.98 Å². The number of nitrogens with zero attached hydrogens (tertiary/aromatic N) is 2. The molecule has 1 saturated heterocycles. The molecule has 3 heterocycles. The number of hydrogen-bond acceptors (Lipinski definition) is 4. The lowest BCUT2D eigenvalue weighted by atomic mass is 9.94. The molecule has 4 rings (SSSR count). The molecule has 2 aliphatic rings. The van der Waals surface area contributed by atoms with Crippen molar-refractivity contribution in [2.24, 2.45) is 0 Å². The molecule has 0 saturated carbocycles. The van der Waals surface area contributed by atoms with Crippen LogP contribution in [0, 0.1) is 0 Å². The van der Waals surface area contributed by atoms with Gasteiger partial charge >= 0.3 is 0 Å². The SMILES string of the molecule is Nc1ccc2cncc3c2c1N(C1CCCNC1)CC3. The van der Waals surface area contributed by atoms with Gasteiger partial charge in [0.2, 0.25) is 0 Å². The fourth-order valence-corrected chi connectivity index (χ4v) is 3.66. The second kappa shape index (κ2) is 4.63. The summed E-state index contributed by atoms with van der Waals surface area (Å²) in [6.45, 7) is 3.26. The van der Waals surface area contributed by atoms with Crippen LogP contribution >= 0.6 is 0 Å². The summed E-state index contributed by atoms with van der Waals surface area (Å²) < 4.78 is 0. The van der Waals surface area contributed by atoms with Crippen LogP contribution in [0.4, 0.5) is 11.4 Å². The first-order valence-corrected chi connectivity index (χ1v) is 7.47. The van der Waals surface area contributed by atoms with Crippen molar-refractivity contribution in [1.29, 1.82) is 0 Å². The molecule has 0 spiro atoms. The first-order chi connectivity index (χ1) is 9.84. The van der Waals surface area contributed by atoms with Crippen molar-refractivity contribution >= 4 is 22.1 Å². The van der Waals surface area contributed by atoms with Crippen LogP contribution in [0.25, 0.3) is 10.8 Å². The molecule has 20 heavy (non-hydrogen) atoms. The van der Waals surface area contributed by atoms with Crippen LogP contribution in [-0.4, -0.2) is 30.7 Å². The zero-order valence-electron chi connectivity index (χ0n) is 11.6. The van der Waals surface area contributed by atoms with Crippen molar-refractivity contribution in [1.82, 2.24) is 10.3 Å². The summed E-state index contributed by atoms with van der Waals surface area (Å²) in [5.74, 6) is 0. The monoisotopic (exact) mass is 268 g/mol. The zero-order valence-corrected chi connectivity index (χ0v) is 11.6. The number of nitrogens with two attached hydrogens (primary N) is 1. The molecule has 1 aromatic carbocycles. The highest BCUT2D eigenvalue weighted by Gasteiger charge is 2.28. The molecule has 104 valence electrons. The minimum absolute atomic E-state index is 0.568. The van der Waals surface area contributed by atoms with Gasteiger partial charge < -0.3 is 16.0 Å². The Morgan fingerprint density at radius 3 is 3.10 bits per heavy atom. The number of aromatic nitrogens is 1. The standard InChI is InChI=1S/C16H20N4/c17-14-4-3-11-8-19-9-12-5-7-20(16(14)15(11)12)13-2-1-6-18-10-13/h3-4,8-9,13,18H,1-2,5-7,10,17H2. The van der Waals surface area contributed by atoms with E-state index in [2.05, 4.69) is 21.3 Å². The number of pyridine rings is 1. The van der Waals surface area contributed by atoms with E-state index in [0.29, 0.717) is 6.04 Å². The van der Waals surface area contributed by atoms with Crippen molar-refractivity contribution < 1.29 is 0 Å². The Balaban J connectivity index is 1.88. The average molecular weight is 268 g/mol. The third-order valence-corrected chi connectivity index (χ3v) is 4.63. The number of hydrogen-bond donors (Lipinski definition) is 2. The summed E-state index contributed by atoms with van der Waals surface area (Å²) in [7, 11) is 0. The van der Waals surface area contributed by atoms with Crippen LogP contribution in [0.1, 0.15) is 18.4 Å². The van der Waals surface area contributed by atoms with E-state index in [9.17, 15) is 0 Å². The minimum atomic E-state index is 0.568. The summed E-state index contributed by atoms with van der Waals surface area (Å²) in [5, 5.41) is 6.04. The van der Waals surface area contributed by atoms with E-state index in [1.165, 1.54) is 34.9 Å². The zero-order chi connectivity index (χ0) is 13.5. The molecule has 4 heteroatoms. The van der Waals surface area contributed by atoms with Gasteiger partial charge in [-0.15, -0.1) is 0 Å². The number of nitrogens with one attached hydrogen (secondary N) is 1. The number of anilines is 2. The van der Waals surface area contributed by atoms with Crippen molar-refractivity contribution in [3.05, 3.63) is 30.1 Å². The predicted octanol–water partition coefficient (Wildman–Crippen LogP) is 1.93. The maximum absolute atomic E-state index is 6.31. The lowest BCUT2D eigenvalue weighted by Crippen LogP contribution is -2.48. The normalized spacial score (nSPS) is 22.2. The lowest BCUT2D eigenvalue weighted by molar-refractivity contribution is 0.431.